The monoisotopic (exact) mass is 269 g/mol. The van der Waals surface area contributed by atoms with Crippen LogP contribution in [0.4, 0.5) is 13.2 Å². The Hall–Kier alpha value is -1.82. The van der Waals surface area contributed by atoms with Crippen LogP contribution in [0.3, 0.4) is 0 Å². The zero-order chi connectivity index (χ0) is 14.0. The van der Waals surface area contributed by atoms with E-state index in [1.165, 1.54) is 25.3 Å². The Balaban J connectivity index is 2.30. The molecule has 3 N–H and O–H groups in total. The number of aromatic nitrogens is 2. The number of nitrogens with two attached hydrogens (primary N) is 1. The molecule has 0 saturated heterocycles. The van der Waals surface area contributed by atoms with Gasteiger partial charge in [-0.25, -0.2) is 13.2 Å². The zero-order valence-corrected chi connectivity index (χ0v) is 10.3. The van der Waals surface area contributed by atoms with Gasteiger partial charge in [0.05, 0.1) is 17.4 Å². The second-order valence-electron chi connectivity index (χ2n) is 4.76. The van der Waals surface area contributed by atoms with Crippen LogP contribution in [0.5, 0.6) is 0 Å². The highest BCUT2D eigenvalue weighted by atomic mass is 19.3. The van der Waals surface area contributed by atoms with Crippen LogP contribution in [0, 0.1) is 5.82 Å². The number of alkyl halides is 2. The number of aromatic amines is 1. The summed E-state index contributed by atoms with van der Waals surface area (Å²) < 4.78 is 38.4. The zero-order valence-electron chi connectivity index (χ0n) is 10.3. The molecule has 0 spiro atoms. The second kappa shape index (κ2) is 5.05. The molecule has 1 heterocycles. The normalized spacial score (nSPS) is 14.6. The van der Waals surface area contributed by atoms with Crippen LogP contribution < -0.4 is 5.73 Å². The Morgan fingerprint density at radius 1 is 1.32 bits per heavy atom. The molecule has 0 fully saturated rings. The maximum atomic E-state index is 12.9. The minimum atomic E-state index is -2.64. The molecular formula is C13H14F3N3. The summed E-state index contributed by atoms with van der Waals surface area (Å²) in [6.45, 7) is 1.29. The predicted octanol–water partition coefficient (Wildman–Crippen LogP) is 2.74. The summed E-state index contributed by atoms with van der Waals surface area (Å²) in [6, 6.07) is 5.72. The SMILES string of the molecule is CC(N)(Cc1cn[nH]c1-c1ccc(F)cc1)C(F)F. The molecule has 0 saturated carbocycles. The minimum Gasteiger partial charge on any atom is -0.320 e. The average molecular weight is 269 g/mol. The van der Waals surface area contributed by atoms with E-state index in [-0.39, 0.29) is 12.2 Å². The van der Waals surface area contributed by atoms with E-state index in [4.69, 9.17) is 5.73 Å². The van der Waals surface area contributed by atoms with Crippen LogP contribution in [-0.4, -0.2) is 22.2 Å². The van der Waals surface area contributed by atoms with Crippen molar-refractivity contribution >= 4 is 0 Å². The van der Waals surface area contributed by atoms with Crippen molar-refractivity contribution in [1.82, 2.24) is 10.2 Å². The summed E-state index contributed by atoms with van der Waals surface area (Å²) in [5.41, 5.74) is 5.78. The van der Waals surface area contributed by atoms with Crippen molar-refractivity contribution in [3.63, 3.8) is 0 Å². The third-order valence-corrected chi connectivity index (χ3v) is 2.92. The van der Waals surface area contributed by atoms with Crippen LogP contribution in [-0.2, 0) is 6.42 Å². The summed E-state index contributed by atoms with van der Waals surface area (Å²) in [7, 11) is 0. The molecule has 0 bridgehead atoms. The fraction of sp³-hybridized carbons (Fsp3) is 0.308. The average Bonchev–Trinajstić information content (AvgIpc) is 2.77. The summed E-state index contributed by atoms with van der Waals surface area (Å²) in [5.74, 6) is -0.360. The molecule has 1 unspecified atom stereocenters. The van der Waals surface area contributed by atoms with Gasteiger partial charge in [-0.2, -0.15) is 5.10 Å². The molecule has 1 atom stereocenters. The number of halogens is 3. The van der Waals surface area contributed by atoms with Crippen molar-refractivity contribution in [3.8, 4) is 11.3 Å². The molecule has 0 aliphatic rings. The largest absolute Gasteiger partial charge is 0.320 e. The molecule has 6 heteroatoms. The number of nitrogens with zero attached hydrogens (tertiary/aromatic N) is 1. The number of benzene rings is 1. The highest BCUT2D eigenvalue weighted by Gasteiger charge is 2.31. The van der Waals surface area contributed by atoms with E-state index in [1.54, 1.807) is 12.1 Å². The van der Waals surface area contributed by atoms with Crippen LogP contribution in [0.1, 0.15) is 12.5 Å². The topological polar surface area (TPSA) is 54.7 Å². The molecule has 3 nitrogen and oxygen atoms in total. The van der Waals surface area contributed by atoms with Crippen LogP contribution in [0.25, 0.3) is 11.3 Å². The van der Waals surface area contributed by atoms with E-state index in [9.17, 15) is 13.2 Å². The van der Waals surface area contributed by atoms with Gasteiger partial charge in [-0.05, 0) is 43.2 Å². The maximum Gasteiger partial charge on any atom is 0.256 e. The van der Waals surface area contributed by atoms with Gasteiger partial charge in [0.25, 0.3) is 6.43 Å². The Kier molecular flexibility index (Phi) is 3.61. The highest BCUT2D eigenvalue weighted by Crippen LogP contribution is 2.26. The Bertz CT molecular complexity index is 547. The standard InChI is InChI=1S/C13H14F3N3/c1-13(17,12(15)16)6-9-7-18-19-11(9)8-2-4-10(14)5-3-8/h2-5,7,12H,6,17H2,1H3,(H,18,19). The fourth-order valence-corrected chi connectivity index (χ4v) is 1.80. The summed E-state index contributed by atoms with van der Waals surface area (Å²) in [6.07, 6.45) is -1.19. The van der Waals surface area contributed by atoms with Gasteiger partial charge in [0.15, 0.2) is 0 Å². The molecular weight excluding hydrogens is 255 g/mol. The molecule has 0 aliphatic carbocycles. The summed E-state index contributed by atoms with van der Waals surface area (Å²) >= 11 is 0. The van der Waals surface area contributed by atoms with Crippen LogP contribution in [0.2, 0.25) is 0 Å². The number of rotatable bonds is 4. The van der Waals surface area contributed by atoms with Crippen molar-refractivity contribution in [2.24, 2.45) is 5.73 Å². The van der Waals surface area contributed by atoms with Gasteiger partial charge in [-0.3, -0.25) is 5.10 Å². The van der Waals surface area contributed by atoms with E-state index >= 15 is 0 Å². The molecule has 102 valence electrons. The summed E-state index contributed by atoms with van der Waals surface area (Å²) in [5, 5.41) is 6.58. The van der Waals surface area contributed by atoms with Crippen molar-refractivity contribution < 1.29 is 13.2 Å². The lowest BCUT2D eigenvalue weighted by Gasteiger charge is -2.23. The van der Waals surface area contributed by atoms with Gasteiger partial charge in [0.1, 0.15) is 5.82 Å². The third-order valence-electron chi connectivity index (χ3n) is 2.92. The minimum absolute atomic E-state index is 0.0200. The molecule has 1 aromatic carbocycles. The molecule has 0 amide bonds. The van der Waals surface area contributed by atoms with Gasteiger partial charge in [-0.15, -0.1) is 0 Å². The first-order chi connectivity index (χ1) is 8.90. The van der Waals surface area contributed by atoms with Gasteiger partial charge in [-0.1, -0.05) is 0 Å². The lowest BCUT2D eigenvalue weighted by atomic mass is 9.93. The van der Waals surface area contributed by atoms with Gasteiger partial charge in [0.2, 0.25) is 0 Å². The molecule has 2 aromatic rings. The van der Waals surface area contributed by atoms with Gasteiger partial charge >= 0.3 is 0 Å². The number of nitrogens with one attached hydrogen (secondary N) is 1. The lowest BCUT2D eigenvalue weighted by Crippen LogP contribution is -2.45. The number of H-pyrrole nitrogens is 1. The number of hydrogen-bond donors (Lipinski definition) is 2. The molecule has 0 radical (unpaired) electrons. The van der Waals surface area contributed by atoms with E-state index in [0.717, 1.165) is 0 Å². The fourth-order valence-electron chi connectivity index (χ4n) is 1.80. The predicted molar refractivity (Wildman–Crippen MR) is 66.3 cm³/mol. The van der Waals surface area contributed by atoms with Gasteiger partial charge < -0.3 is 5.73 Å². The molecule has 1 aromatic heterocycles. The first kappa shape index (κ1) is 13.6. The quantitative estimate of drug-likeness (QED) is 0.896. The van der Waals surface area contributed by atoms with Crippen molar-refractivity contribution in [1.29, 1.82) is 0 Å². The van der Waals surface area contributed by atoms with Crippen molar-refractivity contribution in [3.05, 3.63) is 41.8 Å². The lowest BCUT2D eigenvalue weighted by molar-refractivity contribution is 0.0640. The van der Waals surface area contributed by atoms with E-state index in [1.807, 2.05) is 0 Å². The second-order valence-corrected chi connectivity index (χ2v) is 4.76. The van der Waals surface area contributed by atoms with E-state index in [0.29, 0.717) is 16.8 Å². The Morgan fingerprint density at radius 3 is 2.53 bits per heavy atom. The van der Waals surface area contributed by atoms with Crippen LogP contribution in [0.15, 0.2) is 30.5 Å². The first-order valence-corrected chi connectivity index (χ1v) is 5.75. The number of hydrogen-bond acceptors (Lipinski definition) is 2. The smallest absolute Gasteiger partial charge is 0.256 e. The Labute approximate surface area is 108 Å². The third kappa shape index (κ3) is 2.96. The molecule has 2 rings (SSSR count). The summed E-state index contributed by atoms with van der Waals surface area (Å²) in [4.78, 5) is 0. The van der Waals surface area contributed by atoms with E-state index in [2.05, 4.69) is 10.2 Å². The van der Waals surface area contributed by atoms with Crippen molar-refractivity contribution in [2.45, 2.75) is 25.3 Å². The highest BCUT2D eigenvalue weighted by molar-refractivity contribution is 5.62. The van der Waals surface area contributed by atoms with Gasteiger partial charge in [0, 0.05) is 5.56 Å². The molecule has 0 aliphatic heterocycles. The van der Waals surface area contributed by atoms with E-state index < -0.39 is 12.0 Å². The van der Waals surface area contributed by atoms with Crippen molar-refractivity contribution in [2.75, 3.05) is 0 Å². The van der Waals surface area contributed by atoms with Crippen LogP contribution >= 0.6 is 0 Å². The first-order valence-electron chi connectivity index (χ1n) is 5.75. The molecule has 19 heavy (non-hydrogen) atoms. The Morgan fingerprint density at radius 2 is 1.95 bits per heavy atom. The maximum absolute atomic E-state index is 12.9.